The van der Waals surface area contributed by atoms with Gasteiger partial charge in [-0.1, -0.05) is 163 Å². The lowest BCUT2D eigenvalue weighted by molar-refractivity contribution is 0.301. The molecule has 1 aliphatic carbocycles. The summed E-state index contributed by atoms with van der Waals surface area (Å²) in [5.74, 6) is 2.00. The van der Waals surface area contributed by atoms with Gasteiger partial charge >= 0.3 is 0 Å². The Morgan fingerprint density at radius 3 is 2.11 bits per heavy atom. The van der Waals surface area contributed by atoms with E-state index in [9.17, 15) is 0 Å². The molecule has 0 spiro atoms. The summed E-state index contributed by atoms with van der Waals surface area (Å²) in [7, 11) is 0. The summed E-state index contributed by atoms with van der Waals surface area (Å²) in [6, 6.07) is 53.2. The molecule has 2 N–H and O–H groups in total. The van der Waals surface area contributed by atoms with Gasteiger partial charge in [0, 0.05) is 28.4 Å². The number of nitrogens with one attached hydrogen (secondary N) is 2. The largest absolute Gasteiger partial charge is 0.642 e. The number of benzene rings is 6. The first kappa shape index (κ1) is 31.2. The normalized spacial score (nSPS) is 20.9. The molecular weight excluding hydrogens is 649 g/mol. The van der Waals surface area contributed by atoms with E-state index in [0.717, 1.165) is 62.9 Å². The maximum atomic E-state index is 6.54. The molecule has 0 amide bonds. The van der Waals surface area contributed by atoms with Gasteiger partial charge in [0.05, 0.1) is 18.3 Å². The highest BCUT2D eigenvalue weighted by atomic mass is 16.5. The predicted octanol–water partition coefficient (Wildman–Crippen LogP) is 11.4. The molecule has 4 aliphatic rings. The highest BCUT2D eigenvalue weighted by Crippen LogP contribution is 2.56. The van der Waals surface area contributed by atoms with E-state index in [2.05, 4.69) is 174 Å². The van der Waals surface area contributed by atoms with Crippen molar-refractivity contribution in [2.24, 2.45) is 4.99 Å². The van der Waals surface area contributed by atoms with Crippen molar-refractivity contribution in [3.05, 3.63) is 220 Å². The number of hydrogen-bond acceptors (Lipinski definition) is 4. The molecule has 0 aromatic heterocycles. The average Bonchev–Trinajstić information content (AvgIpc) is 3.69. The second-order valence-electron chi connectivity index (χ2n) is 13.9. The molecule has 0 radical (unpaired) electrons. The van der Waals surface area contributed by atoms with Gasteiger partial charge in [-0.15, -0.1) is 0 Å². The predicted molar refractivity (Wildman–Crippen MR) is 216 cm³/mol. The summed E-state index contributed by atoms with van der Waals surface area (Å²) < 4.78 is 6.54. The molecule has 3 heterocycles. The maximum Gasteiger partial charge on any atom is 0.133 e. The standard InChI is InChI=1S/C48H37N4O/c1-4-12-33(13-5-1)41-30-42(51-47(50-41)36-16-8-3-9-17-36)34-24-20-31(21-25-34)32-22-26-37(27-23-32)48-52-46-43(53-48)29-28-39-44(46)38-18-10-11-19-40(38)49-45(39)35-14-6-2-7-15-35/h1-22,24-30,32,42,45,48-49H,23H2,(H,50,51)/q-1. The van der Waals surface area contributed by atoms with Crippen molar-refractivity contribution in [1.29, 1.82) is 0 Å². The molecule has 0 saturated carbocycles. The van der Waals surface area contributed by atoms with Crippen molar-refractivity contribution < 1.29 is 4.74 Å². The molecule has 4 atom stereocenters. The van der Waals surface area contributed by atoms with Crippen molar-refractivity contribution in [2.75, 3.05) is 5.32 Å². The van der Waals surface area contributed by atoms with E-state index in [-0.39, 0.29) is 24.2 Å². The van der Waals surface area contributed by atoms with Crippen LogP contribution in [0, 0.1) is 0 Å². The first-order chi connectivity index (χ1) is 26.2. The number of para-hydroxylation sites is 1. The van der Waals surface area contributed by atoms with E-state index in [0.29, 0.717) is 0 Å². The molecule has 5 nitrogen and oxygen atoms in total. The molecule has 3 aliphatic heterocycles. The van der Waals surface area contributed by atoms with Gasteiger partial charge in [-0.05, 0) is 63.6 Å². The van der Waals surface area contributed by atoms with Crippen LogP contribution in [0.1, 0.15) is 57.8 Å². The summed E-state index contributed by atoms with van der Waals surface area (Å²) >= 11 is 0. The van der Waals surface area contributed by atoms with Gasteiger partial charge in [-0.2, -0.15) is 0 Å². The quantitative estimate of drug-likeness (QED) is 0.183. The van der Waals surface area contributed by atoms with Crippen molar-refractivity contribution in [3.8, 4) is 16.9 Å². The number of rotatable bonds is 6. The number of allylic oxidation sites excluding steroid dienone is 2. The third-order valence-electron chi connectivity index (χ3n) is 10.7. The second kappa shape index (κ2) is 13.2. The highest BCUT2D eigenvalue weighted by molar-refractivity contribution is 6.05. The zero-order valence-corrected chi connectivity index (χ0v) is 29.1. The summed E-state index contributed by atoms with van der Waals surface area (Å²) in [4.78, 5) is 5.15. The Bertz CT molecular complexity index is 2380. The monoisotopic (exact) mass is 685 g/mol. The van der Waals surface area contributed by atoms with Crippen LogP contribution in [-0.2, 0) is 0 Å². The minimum absolute atomic E-state index is 0.0380. The molecule has 0 bridgehead atoms. The van der Waals surface area contributed by atoms with Crippen LogP contribution in [-0.4, -0.2) is 12.1 Å². The lowest BCUT2D eigenvalue weighted by Crippen LogP contribution is -2.27. The fourth-order valence-electron chi connectivity index (χ4n) is 7.95. The fourth-order valence-corrected chi connectivity index (χ4v) is 7.95. The van der Waals surface area contributed by atoms with E-state index in [1.54, 1.807) is 0 Å². The van der Waals surface area contributed by atoms with Gasteiger partial charge in [0.15, 0.2) is 0 Å². The van der Waals surface area contributed by atoms with Gasteiger partial charge in [-0.3, -0.25) is 4.99 Å². The number of anilines is 1. The molecule has 53 heavy (non-hydrogen) atoms. The Labute approximate surface area is 310 Å². The van der Waals surface area contributed by atoms with Crippen LogP contribution < -0.4 is 15.4 Å². The van der Waals surface area contributed by atoms with Crippen molar-refractivity contribution in [1.82, 2.24) is 5.32 Å². The van der Waals surface area contributed by atoms with E-state index < -0.39 is 0 Å². The van der Waals surface area contributed by atoms with Crippen molar-refractivity contribution in [3.63, 3.8) is 0 Å². The van der Waals surface area contributed by atoms with Crippen LogP contribution >= 0.6 is 0 Å². The molecular formula is C48H37N4O-. The summed E-state index contributed by atoms with van der Waals surface area (Å²) in [6.07, 6.45) is 9.55. The van der Waals surface area contributed by atoms with Gasteiger partial charge in [0.25, 0.3) is 0 Å². The molecule has 10 rings (SSSR count). The summed E-state index contributed by atoms with van der Waals surface area (Å²) in [5.41, 5.74) is 13.7. The van der Waals surface area contributed by atoms with Crippen LogP contribution in [0.5, 0.6) is 5.75 Å². The smallest absolute Gasteiger partial charge is 0.133 e. The van der Waals surface area contributed by atoms with Crippen LogP contribution in [0.2, 0.25) is 0 Å². The van der Waals surface area contributed by atoms with Gasteiger partial charge in [0.1, 0.15) is 11.6 Å². The molecule has 0 saturated heterocycles. The zero-order chi connectivity index (χ0) is 35.1. The van der Waals surface area contributed by atoms with Gasteiger partial charge in [-0.25, -0.2) is 0 Å². The average molecular weight is 686 g/mol. The number of amidine groups is 1. The van der Waals surface area contributed by atoms with Gasteiger partial charge in [0.2, 0.25) is 0 Å². The second-order valence-corrected chi connectivity index (χ2v) is 13.9. The number of fused-ring (bicyclic) bond motifs is 5. The van der Waals surface area contributed by atoms with E-state index in [4.69, 9.17) is 15.0 Å². The molecule has 0 fully saturated rings. The van der Waals surface area contributed by atoms with Crippen LogP contribution in [0.4, 0.5) is 11.4 Å². The van der Waals surface area contributed by atoms with Crippen molar-refractivity contribution >= 4 is 22.9 Å². The number of nitrogens with zero attached hydrogens (tertiary/aromatic N) is 2. The first-order valence-electron chi connectivity index (χ1n) is 18.4. The topological polar surface area (TPSA) is 59.8 Å². The Morgan fingerprint density at radius 1 is 0.660 bits per heavy atom. The Kier molecular flexibility index (Phi) is 7.76. The number of ether oxygens (including phenoxy) is 1. The molecule has 4 unspecified atom stereocenters. The maximum absolute atomic E-state index is 6.54. The van der Waals surface area contributed by atoms with Crippen LogP contribution in [0.3, 0.4) is 0 Å². The molecule has 5 heteroatoms. The molecule has 6 aromatic rings. The third kappa shape index (κ3) is 5.81. The Balaban J connectivity index is 0.878. The Hall–Kier alpha value is -6.59. The number of hydrogen-bond donors (Lipinski definition) is 2. The van der Waals surface area contributed by atoms with Crippen molar-refractivity contribution in [2.45, 2.75) is 30.7 Å². The third-order valence-corrected chi connectivity index (χ3v) is 10.7. The molecule has 6 aromatic carbocycles. The first-order valence-corrected chi connectivity index (χ1v) is 18.4. The SMILES string of the molecule is C1=CC(c2ccc(C3C=C(c4ccccc4)NC(c4ccccc4)=N3)cc2)CC=C1C1[N-]c2c(ccc3c2-c2ccccc2NC3c2ccccc2)O1. The number of aliphatic imine (C=N–C) groups is 1. The summed E-state index contributed by atoms with van der Waals surface area (Å²) in [6.45, 7) is 0. The lowest BCUT2D eigenvalue weighted by Gasteiger charge is -2.34. The van der Waals surface area contributed by atoms with Crippen LogP contribution in [0.25, 0.3) is 22.1 Å². The lowest BCUT2D eigenvalue weighted by atomic mass is 9.85. The highest BCUT2D eigenvalue weighted by Gasteiger charge is 2.29. The zero-order valence-electron chi connectivity index (χ0n) is 29.1. The fraction of sp³-hybridized carbons (Fsp3) is 0.104. The van der Waals surface area contributed by atoms with Crippen LogP contribution in [0.15, 0.2) is 187 Å². The molecule has 256 valence electrons. The Morgan fingerprint density at radius 2 is 1.36 bits per heavy atom. The van der Waals surface area contributed by atoms with E-state index >= 15 is 0 Å². The summed E-state index contributed by atoms with van der Waals surface area (Å²) in [5, 5.41) is 12.6. The minimum atomic E-state index is -0.365. The minimum Gasteiger partial charge on any atom is -0.642 e. The van der Waals surface area contributed by atoms with E-state index in [1.165, 1.54) is 22.3 Å². The van der Waals surface area contributed by atoms with E-state index in [1.807, 2.05) is 12.1 Å². The van der Waals surface area contributed by atoms with Gasteiger partial charge < -0.3 is 20.7 Å².